The second kappa shape index (κ2) is 13.0. The Morgan fingerprint density at radius 1 is 1.05 bits per heavy atom. The average Bonchev–Trinajstić information content (AvgIpc) is 3.47. The Bertz CT molecular complexity index is 1620. The molecule has 224 valence electrons. The highest BCUT2D eigenvalue weighted by Crippen LogP contribution is 2.38. The van der Waals surface area contributed by atoms with Crippen LogP contribution in [0.4, 0.5) is 17.2 Å². The van der Waals surface area contributed by atoms with Crippen molar-refractivity contribution >= 4 is 39.8 Å². The van der Waals surface area contributed by atoms with Crippen LogP contribution in [0.1, 0.15) is 63.7 Å². The highest BCUT2D eigenvalue weighted by Gasteiger charge is 2.35. The molecule has 2 heterocycles. The van der Waals surface area contributed by atoms with E-state index in [0.29, 0.717) is 36.2 Å². The maximum atomic E-state index is 14.5. The molecule has 1 aromatic heterocycles. The van der Waals surface area contributed by atoms with Crippen molar-refractivity contribution in [3.8, 4) is 11.5 Å². The van der Waals surface area contributed by atoms with Crippen LogP contribution in [-0.4, -0.2) is 41.0 Å². The Morgan fingerprint density at radius 2 is 1.88 bits per heavy atom. The summed E-state index contributed by atoms with van der Waals surface area (Å²) in [7, 11) is 0. The molecule has 4 N–H and O–H groups in total. The minimum atomic E-state index is -0.705. The zero-order valence-electron chi connectivity index (χ0n) is 25.1. The van der Waals surface area contributed by atoms with Crippen LogP contribution in [0.2, 0.25) is 0 Å². The summed E-state index contributed by atoms with van der Waals surface area (Å²) >= 11 is 0. The highest BCUT2D eigenvalue weighted by molar-refractivity contribution is 5.94. The molecule has 43 heavy (non-hydrogen) atoms. The molecule has 1 fully saturated rings. The van der Waals surface area contributed by atoms with Crippen molar-refractivity contribution in [3.63, 3.8) is 0 Å². The summed E-state index contributed by atoms with van der Waals surface area (Å²) in [6.07, 6.45) is 3.35. The molecule has 1 aliphatic heterocycles. The van der Waals surface area contributed by atoms with Gasteiger partial charge in [0.15, 0.2) is 11.5 Å². The topological polar surface area (TPSA) is 119 Å². The minimum absolute atomic E-state index is 0.0289. The number of nitrogen functional groups attached to an aromatic ring is 1. The van der Waals surface area contributed by atoms with Crippen LogP contribution in [0.5, 0.6) is 11.5 Å². The van der Waals surface area contributed by atoms with Gasteiger partial charge in [-0.3, -0.25) is 9.59 Å². The third-order valence-electron chi connectivity index (χ3n) is 7.44. The number of aromatic nitrogens is 1. The average molecular weight is 582 g/mol. The Kier molecular flexibility index (Phi) is 8.99. The van der Waals surface area contributed by atoms with E-state index in [1.807, 2.05) is 92.4 Å². The number of nitrogens with two attached hydrogens (primary N) is 1. The second-order valence-electron chi connectivity index (χ2n) is 11.0. The molecule has 0 aliphatic carbocycles. The molecule has 2 atom stereocenters. The van der Waals surface area contributed by atoms with Gasteiger partial charge < -0.3 is 30.7 Å². The van der Waals surface area contributed by atoms with Gasteiger partial charge in [0.2, 0.25) is 11.8 Å². The largest absolute Gasteiger partial charge is 0.490 e. The molecule has 1 aliphatic rings. The van der Waals surface area contributed by atoms with E-state index in [0.717, 1.165) is 40.4 Å². The van der Waals surface area contributed by atoms with Crippen LogP contribution in [0.25, 0.3) is 10.8 Å². The van der Waals surface area contributed by atoms with Crippen molar-refractivity contribution in [2.75, 3.05) is 29.5 Å². The van der Waals surface area contributed by atoms with Gasteiger partial charge in [0.25, 0.3) is 0 Å². The molecular formula is C34H39N5O4. The van der Waals surface area contributed by atoms with E-state index in [4.69, 9.17) is 15.2 Å². The molecule has 9 nitrogen and oxygen atoms in total. The van der Waals surface area contributed by atoms with Gasteiger partial charge in [-0.2, -0.15) is 0 Å². The molecule has 4 aromatic rings. The van der Waals surface area contributed by atoms with E-state index in [9.17, 15) is 9.59 Å². The molecule has 0 saturated carbocycles. The predicted octanol–water partition coefficient (Wildman–Crippen LogP) is 6.48. The molecule has 9 heteroatoms. The van der Waals surface area contributed by atoms with Gasteiger partial charge in [0.1, 0.15) is 11.9 Å². The molecule has 1 saturated heterocycles. The lowest BCUT2D eigenvalue weighted by Gasteiger charge is -2.31. The summed E-state index contributed by atoms with van der Waals surface area (Å²) in [4.78, 5) is 32.3. The maximum absolute atomic E-state index is 14.5. The van der Waals surface area contributed by atoms with Gasteiger partial charge in [0.05, 0.1) is 18.8 Å². The van der Waals surface area contributed by atoms with Crippen molar-refractivity contribution in [2.24, 2.45) is 0 Å². The summed E-state index contributed by atoms with van der Waals surface area (Å²) in [6.45, 7) is 8.43. The maximum Gasteiger partial charge on any atom is 0.250 e. The number of anilines is 3. The third-order valence-corrected chi connectivity index (χ3v) is 7.44. The number of amides is 2. The number of rotatable bonds is 10. The van der Waals surface area contributed by atoms with E-state index < -0.39 is 6.04 Å². The fourth-order valence-corrected chi connectivity index (χ4v) is 5.64. The van der Waals surface area contributed by atoms with Crippen LogP contribution in [-0.2, 0) is 9.59 Å². The monoisotopic (exact) mass is 581 g/mol. The van der Waals surface area contributed by atoms with Crippen LogP contribution in [0.15, 0.2) is 72.9 Å². The number of fused-ring (bicyclic) bond motifs is 1. The van der Waals surface area contributed by atoms with Gasteiger partial charge in [-0.1, -0.05) is 18.2 Å². The van der Waals surface area contributed by atoms with E-state index in [-0.39, 0.29) is 24.0 Å². The molecule has 3 aromatic carbocycles. The molecule has 0 spiro atoms. The van der Waals surface area contributed by atoms with E-state index in [1.54, 1.807) is 6.20 Å². The lowest BCUT2D eigenvalue weighted by Crippen LogP contribution is -2.37. The zero-order chi connectivity index (χ0) is 30.5. The number of pyridine rings is 1. The minimum Gasteiger partial charge on any atom is -0.490 e. The van der Waals surface area contributed by atoms with Gasteiger partial charge in [0, 0.05) is 36.4 Å². The van der Waals surface area contributed by atoms with Crippen molar-refractivity contribution in [2.45, 2.75) is 58.7 Å². The van der Waals surface area contributed by atoms with Crippen LogP contribution >= 0.6 is 0 Å². The van der Waals surface area contributed by atoms with Gasteiger partial charge in [-0.15, -0.1) is 0 Å². The van der Waals surface area contributed by atoms with Crippen molar-refractivity contribution in [3.05, 3.63) is 84.1 Å². The Balaban J connectivity index is 1.53. The summed E-state index contributed by atoms with van der Waals surface area (Å²) in [5.74, 6) is 1.49. The van der Waals surface area contributed by atoms with Crippen molar-refractivity contribution in [1.82, 2.24) is 9.88 Å². The number of carbonyl (C=O) groups excluding carboxylic acids is 2. The predicted molar refractivity (Wildman–Crippen MR) is 170 cm³/mol. The molecule has 0 unspecified atom stereocenters. The number of likely N-dealkylation sites (tertiary alicyclic amines) is 1. The lowest BCUT2D eigenvalue weighted by molar-refractivity contribution is -0.133. The molecule has 5 rings (SSSR count). The van der Waals surface area contributed by atoms with Gasteiger partial charge >= 0.3 is 0 Å². The van der Waals surface area contributed by atoms with E-state index in [1.165, 1.54) is 6.92 Å². The Morgan fingerprint density at radius 3 is 2.65 bits per heavy atom. The number of carbonyl (C=O) groups is 2. The van der Waals surface area contributed by atoms with Crippen LogP contribution < -0.4 is 25.8 Å². The van der Waals surface area contributed by atoms with Gasteiger partial charge in [-0.25, -0.2) is 4.98 Å². The summed E-state index contributed by atoms with van der Waals surface area (Å²) in [5.41, 5.74) is 9.33. The third kappa shape index (κ3) is 6.83. The van der Waals surface area contributed by atoms with Gasteiger partial charge in [-0.05, 0) is 98.7 Å². The van der Waals surface area contributed by atoms with Crippen LogP contribution in [0.3, 0.4) is 0 Å². The number of nitrogens with zero attached hydrogens (tertiary/aromatic N) is 2. The standard InChI is InChI=1S/C34H39N5O4/c1-5-42-31-20-25(11-14-30(31)43-21(2)3)32(38-27-12-13-28-23(18-27)15-16-36-33(28)35)34(41)39-17-7-10-29(39)24-8-6-9-26(19-24)37-22(4)40/h6,8-9,11-16,18-21,29,32,38H,5,7,10,17H2,1-4H3,(H2,35,36)(H,37,40)/t29-,32-/m1/s1. The number of benzene rings is 3. The number of hydrogen-bond donors (Lipinski definition) is 3. The quantitative estimate of drug-likeness (QED) is 0.196. The molecule has 2 amide bonds. The summed E-state index contributed by atoms with van der Waals surface area (Å²) in [5, 5.41) is 8.15. The highest BCUT2D eigenvalue weighted by atomic mass is 16.5. The zero-order valence-corrected chi connectivity index (χ0v) is 25.1. The molecular weight excluding hydrogens is 542 g/mol. The number of hydrogen-bond acceptors (Lipinski definition) is 7. The number of ether oxygens (including phenoxy) is 2. The van der Waals surface area contributed by atoms with Crippen LogP contribution in [0, 0.1) is 0 Å². The van der Waals surface area contributed by atoms with E-state index in [2.05, 4.69) is 15.6 Å². The van der Waals surface area contributed by atoms with Crippen molar-refractivity contribution < 1.29 is 19.1 Å². The SMILES string of the molecule is CCOc1cc([C@@H](Nc2ccc3c(N)nccc3c2)C(=O)N2CCC[C@@H]2c2cccc(NC(C)=O)c2)ccc1OC(C)C. The second-order valence-corrected chi connectivity index (χ2v) is 11.0. The van der Waals surface area contributed by atoms with E-state index >= 15 is 0 Å². The normalized spacial score (nSPS) is 15.4. The van der Waals surface area contributed by atoms with Crippen molar-refractivity contribution in [1.29, 1.82) is 0 Å². The first-order valence-electron chi connectivity index (χ1n) is 14.8. The Hall–Kier alpha value is -4.79. The number of nitrogens with one attached hydrogen (secondary N) is 2. The Labute approximate surface area is 252 Å². The summed E-state index contributed by atoms with van der Waals surface area (Å²) < 4.78 is 12.0. The molecule has 0 radical (unpaired) electrons. The summed E-state index contributed by atoms with van der Waals surface area (Å²) in [6, 6.07) is 20.3. The first kappa shape index (κ1) is 29.7. The first-order valence-corrected chi connectivity index (χ1v) is 14.8. The first-order chi connectivity index (χ1) is 20.7. The lowest BCUT2D eigenvalue weighted by atomic mass is 10.0. The fourth-order valence-electron chi connectivity index (χ4n) is 5.64. The molecule has 0 bridgehead atoms. The fraction of sp³-hybridized carbons (Fsp3) is 0.324. The smallest absolute Gasteiger partial charge is 0.250 e.